The first-order valence-electron chi connectivity index (χ1n) is 13.6. The molecular formula is C31H43N3O9. The summed E-state index contributed by atoms with van der Waals surface area (Å²) in [6.07, 6.45) is 4.44. The second-order valence-electron chi connectivity index (χ2n) is 10.5. The monoisotopic (exact) mass is 601 g/mol. The second kappa shape index (κ2) is 17.5. The number of ether oxygens (including phenoxy) is 4. The van der Waals surface area contributed by atoms with Gasteiger partial charge in [-0.1, -0.05) is 18.2 Å². The van der Waals surface area contributed by atoms with Crippen molar-refractivity contribution in [3.63, 3.8) is 0 Å². The van der Waals surface area contributed by atoms with Gasteiger partial charge in [-0.25, -0.2) is 9.59 Å². The minimum Gasteiger partial charge on any atom is -0.467 e. The number of hydrogen-bond acceptors (Lipinski definition) is 9. The van der Waals surface area contributed by atoms with E-state index in [0.29, 0.717) is 35.3 Å². The Morgan fingerprint density at radius 3 is 1.95 bits per heavy atom. The average Bonchev–Trinajstić information content (AvgIpc) is 2.91. The van der Waals surface area contributed by atoms with E-state index in [0.717, 1.165) is 0 Å². The molecule has 3 N–H and O–H groups in total. The molecule has 12 nitrogen and oxygen atoms in total. The van der Waals surface area contributed by atoms with Gasteiger partial charge in [0.05, 0.1) is 20.3 Å². The molecule has 1 rings (SSSR count). The van der Waals surface area contributed by atoms with Crippen LogP contribution in [0.15, 0.2) is 50.1 Å². The van der Waals surface area contributed by atoms with E-state index in [1.54, 1.807) is 45.1 Å². The lowest BCUT2D eigenvalue weighted by Gasteiger charge is -2.25. The third kappa shape index (κ3) is 12.5. The third-order valence-corrected chi connectivity index (χ3v) is 5.58. The normalized spacial score (nSPS) is 12.9. The molecule has 1 aromatic carbocycles. The molecule has 0 aromatic heterocycles. The molecule has 0 saturated heterocycles. The van der Waals surface area contributed by atoms with Crippen LogP contribution in [-0.4, -0.2) is 67.9 Å². The van der Waals surface area contributed by atoms with Crippen LogP contribution in [0.5, 0.6) is 5.75 Å². The van der Waals surface area contributed by atoms with E-state index in [2.05, 4.69) is 35.7 Å². The molecular weight excluding hydrogens is 558 g/mol. The van der Waals surface area contributed by atoms with Gasteiger partial charge < -0.3 is 34.9 Å². The number of rotatable bonds is 16. The standard InChI is InChI=1S/C31H43N3O9/c1-10-13-21-16-23(17-22(14-11-2)26(21)42-20(5)35)25(29(38)40-9)34-27(36)19(4)32-28(37)24(18-41-15-12-3)33-30(39)43-31(6,7)8/h10-12,16-17,19,24-25H,1-3,13-15,18H2,4-9H3,(H,32,37)(H,33,39)(H,34,36)/t19-,24+,25?/m1/s1. The Morgan fingerprint density at radius 2 is 1.49 bits per heavy atom. The van der Waals surface area contributed by atoms with Gasteiger partial charge in [-0.15, -0.1) is 19.7 Å². The van der Waals surface area contributed by atoms with Gasteiger partial charge in [0.15, 0.2) is 6.04 Å². The SMILES string of the molecule is C=CCOC[C@H](NC(=O)OC(C)(C)C)C(=O)N[C@H](C)C(=O)NC(C(=O)OC)c1cc(CC=C)c(OC(C)=O)c(CC=C)c1. The van der Waals surface area contributed by atoms with Crippen molar-refractivity contribution in [1.29, 1.82) is 0 Å². The van der Waals surface area contributed by atoms with Crippen LogP contribution in [0.4, 0.5) is 4.79 Å². The highest BCUT2D eigenvalue weighted by Crippen LogP contribution is 2.31. The number of amides is 3. The van der Waals surface area contributed by atoms with Crippen molar-refractivity contribution in [3.05, 3.63) is 66.8 Å². The Balaban J connectivity index is 3.27. The molecule has 0 aliphatic heterocycles. The zero-order valence-electron chi connectivity index (χ0n) is 25.7. The first kappa shape index (κ1) is 36.6. The predicted octanol–water partition coefficient (Wildman–Crippen LogP) is 3.00. The van der Waals surface area contributed by atoms with Crippen molar-refractivity contribution >= 4 is 29.8 Å². The van der Waals surface area contributed by atoms with E-state index < -0.39 is 53.6 Å². The molecule has 0 saturated carbocycles. The van der Waals surface area contributed by atoms with Crippen LogP contribution in [0.3, 0.4) is 0 Å². The quantitative estimate of drug-likeness (QED) is 0.112. The fourth-order valence-electron chi connectivity index (χ4n) is 3.78. The molecule has 1 unspecified atom stereocenters. The van der Waals surface area contributed by atoms with Gasteiger partial charge in [0.2, 0.25) is 11.8 Å². The molecule has 3 amide bonds. The fourth-order valence-corrected chi connectivity index (χ4v) is 3.78. The highest BCUT2D eigenvalue weighted by Gasteiger charge is 2.31. The number of nitrogens with one attached hydrogen (secondary N) is 3. The highest BCUT2D eigenvalue weighted by atomic mass is 16.6. The van der Waals surface area contributed by atoms with Crippen LogP contribution in [0.25, 0.3) is 0 Å². The van der Waals surface area contributed by atoms with Crippen molar-refractivity contribution in [2.75, 3.05) is 20.3 Å². The number of carbonyl (C=O) groups excluding carboxylic acids is 5. The van der Waals surface area contributed by atoms with E-state index in [1.807, 2.05) is 0 Å². The van der Waals surface area contributed by atoms with E-state index in [4.69, 9.17) is 18.9 Å². The lowest BCUT2D eigenvalue weighted by molar-refractivity contribution is -0.145. The zero-order valence-corrected chi connectivity index (χ0v) is 25.7. The van der Waals surface area contributed by atoms with Gasteiger partial charge in [0.1, 0.15) is 23.4 Å². The number of esters is 2. The molecule has 236 valence electrons. The number of hydrogen-bond donors (Lipinski definition) is 3. The van der Waals surface area contributed by atoms with Gasteiger partial charge in [0, 0.05) is 6.92 Å². The Hall–Kier alpha value is -4.45. The number of allylic oxidation sites excluding steroid dienone is 2. The zero-order chi connectivity index (χ0) is 32.7. The highest BCUT2D eigenvalue weighted by molar-refractivity contribution is 5.93. The topological polar surface area (TPSA) is 158 Å². The molecule has 3 atom stereocenters. The summed E-state index contributed by atoms with van der Waals surface area (Å²) >= 11 is 0. The Morgan fingerprint density at radius 1 is 0.907 bits per heavy atom. The third-order valence-electron chi connectivity index (χ3n) is 5.58. The molecule has 12 heteroatoms. The molecule has 0 aliphatic rings. The van der Waals surface area contributed by atoms with Crippen LogP contribution < -0.4 is 20.7 Å². The lowest BCUT2D eigenvalue weighted by Crippen LogP contribution is -2.55. The van der Waals surface area contributed by atoms with Crippen molar-refractivity contribution in [2.45, 2.75) is 71.2 Å². The van der Waals surface area contributed by atoms with Gasteiger partial charge in [-0.2, -0.15) is 0 Å². The minimum absolute atomic E-state index is 0.120. The van der Waals surface area contributed by atoms with Crippen LogP contribution >= 0.6 is 0 Å². The smallest absolute Gasteiger partial charge is 0.408 e. The van der Waals surface area contributed by atoms with E-state index >= 15 is 0 Å². The molecule has 0 bridgehead atoms. The van der Waals surface area contributed by atoms with Crippen molar-refractivity contribution in [3.8, 4) is 5.75 Å². The van der Waals surface area contributed by atoms with E-state index in [9.17, 15) is 24.0 Å². The number of methoxy groups -OCH3 is 1. The predicted molar refractivity (Wildman–Crippen MR) is 160 cm³/mol. The molecule has 0 heterocycles. The van der Waals surface area contributed by atoms with Crippen LogP contribution in [0.2, 0.25) is 0 Å². The van der Waals surface area contributed by atoms with Crippen molar-refractivity contribution in [1.82, 2.24) is 16.0 Å². The van der Waals surface area contributed by atoms with Crippen LogP contribution in [-0.2, 0) is 46.2 Å². The van der Waals surface area contributed by atoms with Crippen LogP contribution in [0.1, 0.15) is 57.4 Å². The maximum Gasteiger partial charge on any atom is 0.408 e. The number of alkyl carbamates (subject to hydrolysis) is 1. The molecule has 43 heavy (non-hydrogen) atoms. The molecule has 0 aliphatic carbocycles. The Kier molecular flexibility index (Phi) is 14.9. The summed E-state index contributed by atoms with van der Waals surface area (Å²) in [5.41, 5.74) is 0.654. The average molecular weight is 602 g/mol. The van der Waals surface area contributed by atoms with Gasteiger partial charge in [-0.3, -0.25) is 14.4 Å². The first-order valence-corrected chi connectivity index (χ1v) is 13.6. The minimum atomic E-state index is -1.28. The largest absolute Gasteiger partial charge is 0.467 e. The first-order chi connectivity index (χ1) is 20.2. The summed E-state index contributed by atoms with van der Waals surface area (Å²) in [5.74, 6) is -2.43. The van der Waals surface area contributed by atoms with Gasteiger partial charge in [-0.05, 0) is 69.4 Å². The van der Waals surface area contributed by atoms with Crippen LogP contribution in [0, 0.1) is 0 Å². The Labute approximate surface area is 252 Å². The molecule has 0 fully saturated rings. The maximum absolute atomic E-state index is 13.2. The van der Waals surface area contributed by atoms with E-state index in [-0.39, 0.29) is 13.2 Å². The second-order valence-corrected chi connectivity index (χ2v) is 10.5. The molecule has 0 radical (unpaired) electrons. The lowest BCUT2D eigenvalue weighted by atomic mass is 9.95. The van der Waals surface area contributed by atoms with Crippen molar-refractivity contribution in [2.24, 2.45) is 0 Å². The molecule has 0 spiro atoms. The summed E-state index contributed by atoms with van der Waals surface area (Å²) < 4.78 is 21.0. The summed E-state index contributed by atoms with van der Waals surface area (Å²) in [4.78, 5) is 63.2. The fraction of sp³-hybridized carbons (Fsp3) is 0.452. The summed E-state index contributed by atoms with van der Waals surface area (Å²) in [6, 6.07) is -0.409. The van der Waals surface area contributed by atoms with Crippen molar-refractivity contribution < 1.29 is 42.9 Å². The van der Waals surface area contributed by atoms with Gasteiger partial charge >= 0.3 is 18.0 Å². The summed E-state index contributed by atoms with van der Waals surface area (Å²) in [6.45, 7) is 18.6. The summed E-state index contributed by atoms with van der Waals surface area (Å²) in [5, 5.41) is 7.56. The Bertz CT molecular complexity index is 1170. The van der Waals surface area contributed by atoms with Gasteiger partial charge in [0.25, 0.3) is 0 Å². The number of carbonyl (C=O) groups is 5. The summed E-state index contributed by atoms with van der Waals surface area (Å²) in [7, 11) is 1.17. The maximum atomic E-state index is 13.2. The number of benzene rings is 1. The molecule has 1 aromatic rings. The van der Waals surface area contributed by atoms with E-state index in [1.165, 1.54) is 27.0 Å².